The predicted molar refractivity (Wildman–Crippen MR) is 95.2 cm³/mol. The molecule has 0 saturated carbocycles. The van der Waals surface area contributed by atoms with E-state index >= 15 is 0 Å². The van der Waals surface area contributed by atoms with Crippen molar-refractivity contribution in [2.24, 2.45) is 0 Å². The standard InChI is InChI=1S/C20H20FN3O2/c21-15-1-2-18-16(11-15)17(12-19(25)23-18)20(26)24-9-5-14(6-10-24)13-3-7-22-8-4-13/h1-4,7-8,11,14,17H,5-6,9-10,12H2,(H,23,25)/t17-/m1/s1. The van der Waals surface area contributed by atoms with Gasteiger partial charge in [-0.25, -0.2) is 4.39 Å². The average Bonchev–Trinajstić information content (AvgIpc) is 2.68. The van der Waals surface area contributed by atoms with Gasteiger partial charge in [-0.05, 0) is 60.2 Å². The van der Waals surface area contributed by atoms with Crippen LogP contribution in [-0.2, 0) is 9.59 Å². The fourth-order valence-electron chi connectivity index (χ4n) is 3.94. The molecule has 6 heteroatoms. The highest BCUT2D eigenvalue weighted by molar-refractivity contribution is 6.01. The minimum absolute atomic E-state index is 0.0690. The van der Waals surface area contributed by atoms with Gasteiger partial charge in [0, 0.05) is 37.6 Å². The fraction of sp³-hybridized carbons (Fsp3) is 0.350. The van der Waals surface area contributed by atoms with Gasteiger partial charge in [-0.2, -0.15) is 0 Å². The number of nitrogens with one attached hydrogen (secondary N) is 1. The number of nitrogens with zero attached hydrogens (tertiary/aromatic N) is 2. The van der Waals surface area contributed by atoms with E-state index in [-0.39, 0.29) is 18.2 Å². The molecule has 5 nitrogen and oxygen atoms in total. The lowest BCUT2D eigenvalue weighted by Crippen LogP contribution is -2.42. The third kappa shape index (κ3) is 3.19. The summed E-state index contributed by atoms with van der Waals surface area (Å²) in [7, 11) is 0. The van der Waals surface area contributed by atoms with Crippen LogP contribution in [0.2, 0.25) is 0 Å². The first-order valence-electron chi connectivity index (χ1n) is 8.90. The van der Waals surface area contributed by atoms with Crippen LogP contribution in [0.15, 0.2) is 42.7 Å². The highest BCUT2D eigenvalue weighted by atomic mass is 19.1. The zero-order chi connectivity index (χ0) is 18.1. The van der Waals surface area contributed by atoms with Gasteiger partial charge in [0.2, 0.25) is 11.8 Å². The number of halogens is 1. The normalized spacial score (nSPS) is 20.4. The molecular weight excluding hydrogens is 333 g/mol. The molecule has 2 aliphatic rings. The van der Waals surface area contributed by atoms with E-state index in [1.165, 1.54) is 23.8 Å². The molecule has 1 aromatic carbocycles. The summed E-state index contributed by atoms with van der Waals surface area (Å²) in [4.78, 5) is 30.9. The van der Waals surface area contributed by atoms with E-state index < -0.39 is 11.7 Å². The molecule has 1 N–H and O–H groups in total. The van der Waals surface area contributed by atoms with Crippen molar-refractivity contribution >= 4 is 17.5 Å². The third-order valence-electron chi connectivity index (χ3n) is 5.33. The minimum Gasteiger partial charge on any atom is -0.342 e. The molecule has 2 aliphatic heterocycles. The Balaban J connectivity index is 1.49. The van der Waals surface area contributed by atoms with Crippen LogP contribution in [-0.4, -0.2) is 34.8 Å². The Morgan fingerprint density at radius 2 is 1.88 bits per heavy atom. The molecule has 1 saturated heterocycles. The number of fused-ring (bicyclic) bond motifs is 1. The lowest BCUT2D eigenvalue weighted by molar-refractivity contribution is -0.135. The summed E-state index contributed by atoms with van der Waals surface area (Å²) >= 11 is 0. The van der Waals surface area contributed by atoms with Crippen LogP contribution in [0.3, 0.4) is 0 Å². The second-order valence-electron chi connectivity index (χ2n) is 6.92. The van der Waals surface area contributed by atoms with Gasteiger partial charge in [0.15, 0.2) is 0 Å². The van der Waals surface area contributed by atoms with Gasteiger partial charge in [-0.3, -0.25) is 14.6 Å². The second-order valence-corrected chi connectivity index (χ2v) is 6.92. The van der Waals surface area contributed by atoms with Gasteiger partial charge < -0.3 is 10.2 Å². The van der Waals surface area contributed by atoms with E-state index in [1.54, 1.807) is 12.4 Å². The number of hydrogen-bond acceptors (Lipinski definition) is 3. The van der Waals surface area contributed by atoms with Crippen LogP contribution in [0, 0.1) is 5.82 Å². The molecule has 0 bridgehead atoms. The van der Waals surface area contributed by atoms with Crippen LogP contribution in [0.1, 0.15) is 42.2 Å². The van der Waals surface area contributed by atoms with E-state index in [1.807, 2.05) is 17.0 Å². The van der Waals surface area contributed by atoms with E-state index in [0.717, 1.165) is 12.8 Å². The first-order chi connectivity index (χ1) is 12.6. The Morgan fingerprint density at radius 3 is 2.62 bits per heavy atom. The van der Waals surface area contributed by atoms with Crippen molar-refractivity contribution in [3.63, 3.8) is 0 Å². The molecule has 3 heterocycles. The summed E-state index contributed by atoms with van der Waals surface area (Å²) in [6, 6.07) is 8.23. The molecular formula is C20H20FN3O2. The number of likely N-dealkylation sites (tertiary alicyclic amines) is 1. The molecule has 1 atom stereocenters. The number of amides is 2. The first kappa shape index (κ1) is 16.7. The zero-order valence-electron chi connectivity index (χ0n) is 14.3. The lowest BCUT2D eigenvalue weighted by Gasteiger charge is -2.35. The van der Waals surface area contributed by atoms with Crippen LogP contribution < -0.4 is 5.32 Å². The highest BCUT2D eigenvalue weighted by Crippen LogP contribution is 2.36. The molecule has 2 aromatic rings. The average molecular weight is 353 g/mol. The van der Waals surface area contributed by atoms with Gasteiger partial charge in [0.05, 0.1) is 5.92 Å². The second kappa shape index (κ2) is 6.86. The highest BCUT2D eigenvalue weighted by Gasteiger charge is 2.35. The molecule has 134 valence electrons. The number of benzene rings is 1. The minimum atomic E-state index is -0.605. The van der Waals surface area contributed by atoms with Crippen molar-refractivity contribution in [2.75, 3.05) is 18.4 Å². The Morgan fingerprint density at radius 1 is 1.15 bits per heavy atom. The van der Waals surface area contributed by atoms with Crippen molar-refractivity contribution in [3.05, 3.63) is 59.7 Å². The maximum absolute atomic E-state index is 13.7. The molecule has 0 aliphatic carbocycles. The summed E-state index contributed by atoms with van der Waals surface area (Å²) in [6.45, 7) is 1.29. The van der Waals surface area contributed by atoms with Gasteiger partial charge >= 0.3 is 0 Å². The number of piperidine rings is 1. The Kier molecular flexibility index (Phi) is 4.41. The molecule has 0 unspecified atom stereocenters. The van der Waals surface area contributed by atoms with Gasteiger partial charge in [0.25, 0.3) is 0 Å². The smallest absolute Gasteiger partial charge is 0.230 e. The van der Waals surface area contributed by atoms with E-state index in [4.69, 9.17) is 0 Å². The molecule has 2 amide bonds. The molecule has 0 spiro atoms. The van der Waals surface area contributed by atoms with Gasteiger partial charge in [-0.1, -0.05) is 0 Å². The van der Waals surface area contributed by atoms with Crippen molar-refractivity contribution in [1.29, 1.82) is 0 Å². The van der Waals surface area contributed by atoms with Gasteiger partial charge in [-0.15, -0.1) is 0 Å². The SMILES string of the molecule is O=C1C[C@@H](C(=O)N2CCC(c3ccncc3)CC2)c2cc(F)ccc2N1. The lowest BCUT2D eigenvalue weighted by atomic mass is 9.86. The van der Waals surface area contributed by atoms with E-state index in [9.17, 15) is 14.0 Å². The zero-order valence-corrected chi connectivity index (χ0v) is 14.3. The fourth-order valence-corrected chi connectivity index (χ4v) is 3.94. The Bertz CT molecular complexity index is 832. The van der Waals surface area contributed by atoms with Crippen molar-refractivity contribution in [3.8, 4) is 0 Å². The van der Waals surface area contributed by atoms with Crippen molar-refractivity contribution < 1.29 is 14.0 Å². The molecule has 26 heavy (non-hydrogen) atoms. The summed E-state index contributed by atoms with van der Waals surface area (Å²) in [5.74, 6) is -0.864. The molecule has 1 aromatic heterocycles. The summed E-state index contributed by atoms with van der Waals surface area (Å²) in [5, 5.41) is 2.72. The van der Waals surface area contributed by atoms with Gasteiger partial charge in [0.1, 0.15) is 5.82 Å². The summed E-state index contributed by atoms with van der Waals surface area (Å²) in [5.41, 5.74) is 2.36. The summed E-state index contributed by atoms with van der Waals surface area (Å²) in [6.07, 6.45) is 5.41. The van der Waals surface area contributed by atoms with E-state index in [2.05, 4.69) is 10.3 Å². The number of aromatic nitrogens is 1. The van der Waals surface area contributed by atoms with Crippen LogP contribution >= 0.6 is 0 Å². The molecule has 1 fully saturated rings. The monoisotopic (exact) mass is 353 g/mol. The largest absolute Gasteiger partial charge is 0.342 e. The van der Waals surface area contributed by atoms with Crippen LogP contribution in [0.25, 0.3) is 0 Å². The summed E-state index contributed by atoms with van der Waals surface area (Å²) < 4.78 is 13.7. The molecule has 0 radical (unpaired) electrons. The number of carbonyl (C=O) groups is 2. The maximum atomic E-state index is 13.7. The number of hydrogen-bond donors (Lipinski definition) is 1. The molecule has 4 rings (SSSR count). The number of rotatable bonds is 2. The van der Waals surface area contributed by atoms with Crippen LogP contribution in [0.5, 0.6) is 0 Å². The third-order valence-corrected chi connectivity index (χ3v) is 5.33. The number of anilines is 1. The number of carbonyl (C=O) groups excluding carboxylic acids is 2. The van der Waals surface area contributed by atoms with E-state index in [0.29, 0.717) is 30.3 Å². The predicted octanol–water partition coefficient (Wildman–Crippen LogP) is 3.05. The van der Waals surface area contributed by atoms with Crippen molar-refractivity contribution in [1.82, 2.24) is 9.88 Å². The maximum Gasteiger partial charge on any atom is 0.230 e. The quantitative estimate of drug-likeness (QED) is 0.903. The topological polar surface area (TPSA) is 62.3 Å². The van der Waals surface area contributed by atoms with Crippen molar-refractivity contribution in [2.45, 2.75) is 31.1 Å². The Hall–Kier alpha value is -2.76. The Labute approximate surface area is 151 Å². The first-order valence-corrected chi connectivity index (χ1v) is 8.90. The van der Waals surface area contributed by atoms with Crippen LogP contribution in [0.4, 0.5) is 10.1 Å². The number of pyridine rings is 1.